The molecule has 2 rings (SSSR count). The monoisotopic (exact) mass is 211 g/mol. The molecule has 0 aromatic carbocycles. The molecule has 0 aliphatic carbocycles. The normalized spacial score (nSPS) is 30.7. The Morgan fingerprint density at radius 3 is 2.87 bits per heavy atom. The first-order chi connectivity index (χ1) is 7.20. The summed E-state index contributed by atoms with van der Waals surface area (Å²) >= 11 is 0. The minimum Gasteiger partial charge on any atom is -0.344 e. The Morgan fingerprint density at radius 1 is 1.53 bits per heavy atom. The van der Waals surface area contributed by atoms with Gasteiger partial charge < -0.3 is 15.5 Å². The van der Waals surface area contributed by atoms with Crippen molar-refractivity contribution in [2.24, 2.45) is 0 Å². The molecule has 2 amide bonds. The Bertz CT molecular complexity index is 280. The van der Waals surface area contributed by atoms with Crippen molar-refractivity contribution >= 4 is 11.8 Å². The van der Waals surface area contributed by atoms with Crippen LogP contribution in [0.5, 0.6) is 0 Å². The average molecular weight is 211 g/mol. The van der Waals surface area contributed by atoms with E-state index >= 15 is 0 Å². The number of rotatable bonds is 2. The zero-order chi connectivity index (χ0) is 10.8. The highest BCUT2D eigenvalue weighted by molar-refractivity contribution is 5.90. The van der Waals surface area contributed by atoms with Gasteiger partial charge in [-0.25, -0.2) is 0 Å². The van der Waals surface area contributed by atoms with Gasteiger partial charge in [0.1, 0.15) is 6.04 Å². The third kappa shape index (κ3) is 2.12. The zero-order valence-electron chi connectivity index (χ0n) is 8.95. The summed E-state index contributed by atoms with van der Waals surface area (Å²) in [5, 5.41) is 5.88. The number of nitrogens with one attached hydrogen (secondary N) is 2. The van der Waals surface area contributed by atoms with Gasteiger partial charge in [0.25, 0.3) is 0 Å². The van der Waals surface area contributed by atoms with E-state index in [-0.39, 0.29) is 17.9 Å². The molecule has 0 aromatic rings. The molecule has 2 atom stereocenters. The smallest absolute Gasteiger partial charge is 0.245 e. The van der Waals surface area contributed by atoms with Crippen LogP contribution in [0, 0.1) is 0 Å². The first kappa shape index (κ1) is 10.4. The number of carbonyl (C=O) groups is 2. The minimum atomic E-state index is -0.270. The van der Waals surface area contributed by atoms with Gasteiger partial charge in [0.05, 0.1) is 0 Å². The van der Waals surface area contributed by atoms with Crippen LogP contribution >= 0.6 is 0 Å². The Balaban J connectivity index is 1.89. The summed E-state index contributed by atoms with van der Waals surface area (Å²) in [5.74, 6) is 0.0799. The highest BCUT2D eigenvalue weighted by Crippen LogP contribution is 2.14. The summed E-state index contributed by atoms with van der Waals surface area (Å²) < 4.78 is 0. The summed E-state index contributed by atoms with van der Waals surface area (Å²) in [4.78, 5) is 24.8. The zero-order valence-corrected chi connectivity index (χ0v) is 8.95. The van der Waals surface area contributed by atoms with E-state index in [0.29, 0.717) is 18.9 Å². The van der Waals surface area contributed by atoms with Gasteiger partial charge >= 0.3 is 0 Å². The van der Waals surface area contributed by atoms with Crippen LogP contribution in [0.15, 0.2) is 0 Å². The molecule has 0 aromatic heterocycles. The molecule has 0 radical (unpaired) electrons. The number of hydrogen-bond donors (Lipinski definition) is 2. The van der Waals surface area contributed by atoms with Crippen molar-refractivity contribution in [2.75, 3.05) is 20.1 Å². The van der Waals surface area contributed by atoms with Crippen LogP contribution in [0.4, 0.5) is 0 Å². The molecule has 2 aliphatic rings. The molecule has 0 bridgehead atoms. The van der Waals surface area contributed by atoms with Crippen LogP contribution in [-0.4, -0.2) is 48.9 Å². The summed E-state index contributed by atoms with van der Waals surface area (Å²) in [7, 11) is 1.91. The van der Waals surface area contributed by atoms with Gasteiger partial charge in [-0.05, 0) is 19.9 Å². The maximum absolute atomic E-state index is 11.9. The van der Waals surface area contributed by atoms with E-state index in [0.717, 1.165) is 19.5 Å². The highest BCUT2D eigenvalue weighted by Gasteiger charge is 2.33. The molecule has 2 heterocycles. The van der Waals surface area contributed by atoms with Crippen molar-refractivity contribution in [3.8, 4) is 0 Å². The first-order valence-corrected chi connectivity index (χ1v) is 5.46. The molecule has 2 fully saturated rings. The van der Waals surface area contributed by atoms with E-state index in [2.05, 4.69) is 10.6 Å². The second-order valence-corrected chi connectivity index (χ2v) is 4.22. The third-order valence-corrected chi connectivity index (χ3v) is 3.20. The van der Waals surface area contributed by atoms with Crippen molar-refractivity contribution in [3.05, 3.63) is 0 Å². The van der Waals surface area contributed by atoms with Gasteiger partial charge in [0.15, 0.2) is 0 Å². The van der Waals surface area contributed by atoms with Gasteiger partial charge in [0.2, 0.25) is 11.8 Å². The topological polar surface area (TPSA) is 61.4 Å². The molecule has 1 unspecified atom stereocenters. The number of carbonyl (C=O) groups excluding carboxylic acids is 2. The van der Waals surface area contributed by atoms with E-state index in [1.165, 1.54) is 0 Å². The highest BCUT2D eigenvalue weighted by atomic mass is 16.2. The Kier molecular flexibility index (Phi) is 2.90. The molecule has 0 saturated carbocycles. The first-order valence-electron chi connectivity index (χ1n) is 5.46. The van der Waals surface area contributed by atoms with Gasteiger partial charge in [0, 0.05) is 25.6 Å². The lowest BCUT2D eigenvalue weighted by Crippen LogP contribution is -2.44. The fourth-order valence-corrected chi connectivity index (χ4v) is 2.22. The second kappa shape index (κ2) is 4.18. The Labute approximate surface area is 89.2 Å². The molecule has 0 spiro atoms. The van der Waals surface area contributed by atoms with Gasteiger partial charge in [-0.3, -0.25) is 9.59 Å². The fourth-order valence-electron chi connectivity index (χ4n) is 2.22. The fraction of sp³-hybridized carbons (Fsp3) is 0.800. The summed E-state index contributed by atoms with van der Waals surface area (Å²) in [6, 6.07) is 0.138. The molecule has 5 nitrogen and oxygen atoms in total. The van der Waals surface area contributed by atoms with E-state index in [1.54, 1.807) is 0 Å². The molecule has 5 heteroatoms. The van der Waals surface area contributed by atoms with Crippen molar-refractivity contribution in [3.63, 3.8) is 0 Å². The standard InChI is InChI=1S/C10H17N3O2/c1-11-7-4-5-13(6-7)10(15)8-2-3-9(14)12-8/h7-8,11H,2-6H2,1H3,(H,12,14)/t7?,8-/m1/s1. The number of likely N-dealkylation sites (N-methyl/N-ethyl adjacent to an activating group) is 1. The van der Waals surface area contributed by atoms with Crippen LogP contribution in [-0.2, 0) is 9.59 Å². The van der Waals surface area contributed by atoms with E-state index in [1.807, 2.05) is 11.9 Å². The molecular formula is C10H17N3O2. The van der Waals surface area contributed by atoms with Crippen molar-refractivity contribution < 1.29 is 9.59 Å². The van der Waals surface area contributed by atoms with Crippen LogP contribution in [0.3, 0.4) is 0 Å². The number of nitrogens with zero attached hydrogens (tertiary/aromatic N) is 1. The van der Waals surface area contributed by atoms with E-state index < -0.39 is 0 Å². The molecule has 2 aliphatic heterocycles. The van der Waals surface area contributed by atoms with Crippen molar-refractivity contribution in [1.82, 2.24) is 15.5 Å². The van der Waals surface area contributed by atoms with Gasteiger partial charge in [-0.1, -0.05) is 0 Å². The van der Waals surface area contributed by atoms with Crippen LogP contribution < -0.4 is 10.6 Å². The van der Waals surface area contributed by atoms with Crippen LogP contribution in [0.1, 0.15) is 19.3 Å². The second-order valence-electron chi connectivity index (χ2n) is 4.22. The maximum Gasteiger partial charge on any atom is 0.245 e. The van der Waals surface area contributed by atoms with Crippen LogP contribution in [0.25, 0.3) is 0 Å². The average Bonchev–Trinajstić information content (AvgIpc) is 2.84. The number of hydrogen-bond acceptors (Lipinski definition) is 3. The molecule has 2 saturated heterocycles. The molecule has 2 N–H and O–H groups in total. The van der Waals surface area contributed by atoms with Crippen molar-refractivity contribution in [1.29, 1.82) is 0 Å². The van der Waals surface area contributed by atoms with Gasteiger partial charge in [-0.15, -0.1) is 0 Å². The maximum atomic E-state index is 11.9. The lowest BCUT2D eigenvalue weighted by molar-refractivity contribution is -0.133. The summed E-state index contributed by atoms with van der Waals surface area (Å²) in [6.07, 6.45) is 2.14. The molecule has 15 heavy (non-hydrogen) atoms. The quantitative estimate of drug-likeness (QED) is 0.621. The predicted octanol–water partition coefficient (Wildman–Crippen LogP) is -0.915. The number of likely N-dealkylation sites (tertiary alicyclic amines) is 1. The van der Waals surface area contributed by atoms with E-state index in [9.17, 15) is 9.59 Å². The lowest BCUT2D eigenvalue weighted by Gasteiger charge is -2.20. The summed E-state index contributed by atoms with van der Waals surface area (Å²) in [5.41, 5.74) is 0. The van der Waals surface area contributed by atoms with Crippen molar-refractivity contribution in [2.45, 2.75) is 31.3 Å². The minimum absolute atomic E-state index is 0.00212. The number of amides is 2. The van der Waals surface area contributed by atoms with Gasteiger partial charge in [-0.2, -0.15) is 0 Å². The Hall–Kier alpha value is -1.10. The largest absolute Gasteiger partial charge is 0.344 e. The van der Waals surface area contributed by atoms with Crippen LogP contribution in [0.2, 0.25) is 0 Å². The van der Waals surface area contributed by atoms with E-state index in [4.69, 9.17) is 0 Å². The molecule has 84 valence electrons. The third-order valence-electron chi connectivity index (χ3n) is 3.20. The lowest BCUT2D eigenvalue weighted by atomic mass is 10.2. The SMILES string of the molecule is CNC1CCN(C(=O)[C@H]2CCC(=O)N2)C1. The predicted molar refractivity (Wildman–Crippen MR) is 55.2 cm³/mol. The summed E-state index contributed by atoms with van der Waals surface area (Å²) in [6.45, 7) is 1.57. The molecular weight excluding hydrogens is 194 g/mol. The Morgan fingerprint density at radius 2 is 2.33 bits per heavy atom.